The third kappa shape index (κ3) is 2.58. The number of hydrogen-bond acceptors (Lipinski definition) is 1. The van der Waals surface area contributed by atoms with Crippen molar-refractivity contribution in [1.82, 2.24) is 4.90 Å². The fraction of sp³-hybridized carbons (Fsp3) is 0.667. The zero-order chi connectivity index (χ0) is 13.4. The van der Waals surface area contributed by atoms with Crippen molar-refractivity contribution in [2.24, 2.45) is 0 Å². The minimum atomic E-state index is 0.653. The first-order valence-corrected chi connectivity index (χ1v) is 7.98. The van der Waals surface area contributed by atoms with Gasteiger partial charge in [-0.05, 0) is 74.2 Å². The smallest absolute Gasteiger partial charge is 0.00985 e. The average Bonchev–Trinajstić information content (AvgIpc) is 2.97. The third-order valence-corrected chi connectivity index (χ3v) is 5.27. The van der Waals surface area contributed by atoms with Gasteiger partial charge in [-0.15, -0.1) is 0 Å². The highest BCUT2D eigenvalue weighted by atomic mass is 15.1. The highest BCUT2D eigenvalue weighted by Gasteiger charge is 2.29. The van der Waals surface area contributed by atoms with Crippen LogP contribution in [0.3, 0.4) is 0 Å². The van der Waals surface area contributed by atoms with E-state index >= 15 is 0 Å². The predicted octanol–water partition coefficient (Wildman–Crippen LogP) is 4.32. The molecular formula is C18H27N. The second-order valence-corrected chi connectivity index (χ2v) is 6.86. The number of nitrogens with zero attached hydrogens (tertiary/aromatic N) is 1. The number of aryl methyl sites for hydroxylation is 1. The Morgan fingerprint density at radius 2 is 2.11 bits per heavy atom. The maximum Gasteiger partial charge on any atom is 0.00985 e. The lowest BCUT2D eigenvalue weighted by Crippen LogP contribution is -2.26. The number of fused-ring (bicyclic) bond motifs is 1. The predicted molar refractivity (Wildman–Crippen MR) is 81.9 cm³/mol. The van der Waals surface area contributed by atoms with E-state index in [1.807, 2.05) is 0 Å². The lowest BCUT2D eigenvalue weighted by atomic mass is 9.90. The zero-order valence-corrected chi connectivity index (χ0v) is 12.7. The molecule has 2 aliphatic rings. The Morgan fingerprint density at radius 3 is 2.79 bits per heavy atom. The molecule has 0 spiro atoms. The van der Waals surface area contributed by atoms with E-state index in [1.54, 1.807) is 11.1 Å². The largest absolute Gasteiger partial charge is 0.303 e. The molecule has 1 aliphatic heterocycles. The van der Waals surface area contributed by atoms with Gasteiger partial charge in [-0.3, -0.25) is 0 Å². The van der Waals surface area contributed by atoms with Crippen molar-refractivity contribution in [1.29, 1.82) is 0 Å². The summed E-state index contributed by atoms with van der Waals surface area (Å²) in [6.45, 7) is 5.91. The summed E-state index contributed by atoms with van der Waals surface area (Å²) in [6, 6.07) is 8.07. The van der Waals surface area contributed by atoms with Crippen molar-refractivity contribution in [3.8, 4) is 0 Å². The molecule has 1 unspecified atom stereocenters. The van der Waals surface area contributed by atoms with Gasteiger partial charge in [0, 0.05) is 6.04 Å². The zero-order valence-electron chi connectivity index (χ0n) is 12.7. The molecule has 1 aromatic carbocycles. The van der Waals surface area contributed by atoms with E-state index in [4.69, 9.17) is 0 Å². The molecule has 1 aromatic rings. The molecule has 0 saturated carbocycles. The topological polar surface area (TPSA) is 3.24 Å². The molecule has 2 atom stereocenters. The lowest BCUT2D eigenvalue weighted by Gasteiger charge is -2.23. The minimum absolute atomic E-state index is 0.653. The van der Waals surface area contributed by atoms with Crippen molar-refractivity contribution in [2.45, 2.75) is 63.8 Å². The second-order valence-electron chi connectivity index (χ2n) is 6.86. The third-order valence-electron chi connectivity index (χ3n) is 5.27. The summed E-state index contributed by atoms with van der Waals surface area (Å²) in [6.07, 6.45) is 6.86. The molecule has 0 aromatic heterocycles. The average molecular weight is 257 g/mol. The fourth-order valence-electron chi connectivity index (χ4n) is 3.92. The Morgan fingerprint density at radius 1 is 1.26 bits per heavy atom. The Bertz CT molecular complexity index is 449. The fourth-order valence-corrected chi connectivity index (χ4v) is 3.92. The van der Waals surface area contributed by atoms with Gasteiger partial charge in [0.25, 0.3) is 0 Å². The molecular weight excluding hydrogens is 230 g/mol. The first-order valence-electron chi connectivity index (χ1n) is 7.98. The standard InChI is InChI=1S/C18H27N/c1-13(2)15-8-6-14-7-9-16(18(14)12-15)11-17-5-4-10-19(17)3/h6,8,12-13,16-17H,4-5,7,9-11H2,1-3H3/t16?,17-/m1/s1. The molecule has 1 fully saturated rings. The van der Waals surface area contributed by atoms with E-state index in [-0.39, 0.29) is 0 Å². The van der Waals surface area contributed by atoms with Crippen LogP contribution in [0.1, 0.15) is 68.1 Å². The van der Waals surface area contributed by atoms with Crippen LogP contribution in [-0.2, 0) is 6.42 Å². The van der Waals surface area contributed by atoms with Gasteiger partial charge in [0.2, 0.25) is 0 Å². The van der Waals surface area contributed by atoms with E-state index in [9.17, 15) is 0 Å². The number of hydrogen-bond donors (Lipinski definition) is 0. The minimum Gasteiger partial charge on any atom is -0.303 e. The van der Waals surface area contributed by atoms with Crippen LogP contribution in [0, 0.1) is 0 Å². The molecule has 104 valence electrons. The van der Waals surface area contributed by atoms with Gasteiger partial charge >= 0.3 is 0 Å². The van der Waals surface area contributed by atoms with Crippen LogP contribution in [0.5, 0.6) is 0 Å². The van der Waals surface area contributed by atoms with Crippen LogP contribution in [0.25, 0.3) is 0 Å². The van der Waals surface area contributed by atoms with Crippen molar-refractivity contribution in [3.63, 3.8) is 0 Å². The van der Waals surface area contributed by atoms with Gasteiger partial charge in [0.15, 0.2) is 0 Å². The molecule has 1 saturated heterocycles. The summed E-state index contributed by atoms with van der Waals surface area (Å²) in [5.74, 6) is 1.47. The Balaban J connectivity index is 1.78. The van der Waals surface area contributed by atoms with Crippen LogP contribution < -0.4 is 0 Å². The van der Waals surface area contributed by atoms with E-state index in [0.29, 0.717) is 5.92 Å². The van der Waals surface area contributed by atoms with E-state index in [0.717, 1.165) is 12.0 Å². The van der Waals surface area contributed by atoms with Crippen LogP contribution in [-0.4, -0.2) is 24.5 Å². The molecule has 0 amide bonds. The van der Waals surface area contributed by atoms with Crippen LogP contribution in [0.2, 0.25) is 0 Å². The molecule has 1 aliphatic carbocycles. The summed E-state index contributed by atoms with van der Waals surface area (Å²) < 4.78 is 0. The Labute approximate surface area is 118 Å². The quantitative estimate of drug-likeness (QED) is 0.779. The number of likely N-dealkylation sites (tertiary alicyclic amines) is 1. The normalized spacial score (nSPS) is 27.2. The van der Waals surface area contributed by atoms with Gasteiger partial charge in [-0.2, -0.15) is 0 Å². The molecule has 1 heteroatoms. The van der Waals surface area contributed by atoms with E-state index in [1.165, 1.54) is 44.2 Å². The molecule has 3 rings (SSSR count). The maximum absolute atomic E-state index is 2.57. The van der Waals surface area contributed by atoms with Crippen LogP contribution in [0.4, 0.5) is 0 Å². The number of benzene rings is 1. The van der Waals surface area contributed by atoms with Crippen molar-refractivity contribution >= 4 is 0 Å². The molecule has 0 bridgehead atoms. The van der Waals surface area contributed by atoms with Crippen molar-refractivity contribution in [3.05, 3.63) is 34.9 Å². The highest BCUT2D eigenvalue weighted by molar-refractivity contribution is 5.39. The monoisotopic (exact) mass is 257 g/mol. The number of rotatable bonds is 3. The van der Waals surface area contributed by atoms with Gasteiger partial charge in [0.1, 0.15) is 0 Å². The Kier molecular flexibility index (Phi) is 3.66. The van der Waals surface area contributed by atoms with Crippen LogP contribution in [0.15, 0.2) is 18.2 Å². The van der Waals surface area contributed by atoms with Crippen molar-refractivity contribution < 1.29 is 0 Å². The maximum atomic E-state index is 2.57. The van der Waals surface area contributed by atoms with Gasteiger partial charge in [-0.25, -0.2) is 0 Å². The van der Waals surface area contributed by atoms with Gasteiger partial charge < -0.3 is 4.90 Å². The van der Waals surface area contributed by atoms with E-state index in [2.05, 4.69) is 44.0 Å². The Hall–Kier alpha value is -0.820. The van der Waals surface area contributed by atoms with Gasteiger partial charge in [0.05, 0.1) is 0 Å². The highest BCUT2D eigenvalue weighted by Crippen LogP contribution is 2.39. The first kappa shape index (κ1) is 13.2. The lowest BCUT2D eigenvalue weighted by molar-refractivity contribution is 0.281. The summed E-state index contributed by atoms with van der Waals surface area (Å²) in [5, 5.41) is 0. The summed E-state index contributed by atoms with van der Waals surface area (Å²) in [7, 11) is 2.30. The molecule has 19 heavy (non-hydrogen) atoms. The van der Waals surface area contributed by atoms with Crippen LogP contribution >= 0.6 is 0 Å². The summed E-state index contributed by atoms with van der Waals surface area (Å²) in [5.41, 5.74) is 4.81. The van der Waals surface area contributed by atoms with Gasteiger partial charge in [-0.1, -0.05) is 32.0 Å². The second kappa shape index (κ2) is 5.28. The summed E-state index contributed by atoms with van der Waals surface area (Å²) >= 11 is 0. The van der Waals surface area contributed by atoms with Crippen molar-refractivity contribution in [2.75, 3.05) is 13.6 Å². The first-order chi connectivity index (χ1) is 9.15. The molecule has 1 nitrogen and oxygen atoms in total. The summed E-state index contributed by atoms with van der Waals surface area (Å²) in [4.78, 5) is 2.57. The molecule has 0 radical (unpaired) electrons. The molecule has 1 heterocycles. The van der Waals surface area contributed by atoms with E-state index < -0.39 is 0 Å². The molecule has 0 N–H and O–H groups in total. The SMILES string of the molecule is CC(C)c1ccc2c(c1)C(C[C@H]1CCCN1C)CC2.